The number of pyridine rings is 2. The maximum atomic E-state index is 15.9. The standard InChI is InChI=1S/C30H28F2N6O6S/c1-4-23(40)36-10-11-37(17(3)13-36)27-19-12-21(32)25(24-20(31)6-5-7-22(24)39)34-28(19)38(30(41)35-27)26-16(2)8-9-33-29(26)45(42,43)18-14-44-15-18/h4-9,12,17-18,39H,1,10-11,13-15H2,2-3H3/t17-/m0/s1. The summed E-state index contributed by atoms with van der Waals surface area (Å²) in [5, 5.41) is 9.18. The summed E-state index contributed by atoms with van der Waals surface area (Å²) in [6.45, 7) is 7.52. The van der Waals surface area contributed by atoms with Crippen molar-refractivity contribution in [1.82, 2.24) is 24.4 Å². The molecule has 15 heteroatoms. The number of benzene rings is 1. The van der Waals surface area contributed by atoms with Crippen LogP contribution in [-0.2, 0) is 19.4 Å². The molecule has 1 N–H and O–H groups in total. The van der Waals surface area contributed by atoms with Gasteiger partial charge >= 0.3 is 5.69 Å². The normalized spacial score (nSPS) is 17.4. The molecular formula is C30H28F2N6O6S. The number of amides is 1. The van der Waals surface area contributed by atoms with Gasteiger partial charge in [0.2, 0.25) is 15.7 Å². The number of nitrogens with zero attached hydrogens (tertiary/aromatic N) is 6. The highest BCUT2D eigenvalue weighted by molar-refractivity contribution is 7.92. The van der Waals surface area contributed by atoms with Crippen LogP contribution >= 0.6 is 0 Å². The molecule has 5 heterocycles. The first-order valence-corrected chi connectivity index (χ1v) is 15.6. The van der Waals surface area contributed by atoms with Crippen LogP contribution in [0, 0.1) is 18.6 Å². The zero-order valence-corrected chi connectivity index (χ0v) is 25.1. The summed E-state index contributed by atoms with van der Waals surface area (Å²) in [6, 6.07) is 5.56. The van der Waals surface area contributed by atoms with Crippen molar-refractivity contribution in [1.29, 1.82) is 0 Å². The Kier molecular flexibility index (Phi) is 7.61. The highest BCUT2D eigenvalue weighted by Crippen LogP contribution is 2.37. The first-order valence-electron chi connectivity index (χ1n) is 14.0. The average Bonchev–Trinajstić information content (AvgIpc) is 2.96. The van der Waals surface area contributed by atoms with Crippen molar-refractivity contribution in [2.24, 2.45) is 0 Å². The van der Waals surface area contributed by atoms with Crippen LogP contribution in [0.5, 0.6) is 5.75 Å². The Labute approximate surface area is 256 Å². The van der Waals surface area contributed by atoms with E-state index in [1.54, 1.807) is 23.6 Å². The second kappa shape index (κ2) is 11.3. The number of hydrogen-bond acceptors (Lipinski definition) is 10. The molecule has 0 spiro atoms. The third-order valence-electron chi connectivity index (χ3n) is 8.05. The molecule has 0 radical (unpaired) electrons. The molecule has 1 atom stereocenters. The van der Waals surface area contributed by atoms with E-state index < -0.39 is 54.4 Å². The smallest absolute Gasteiger partial charge is 0.355 e. The first-order chi connectivity index (χ1) is 21.4. The number of phenolic OH excluding ortho intramolecular Hbond substituents is 1. The lowest BCUT2D eigenvalue weighted by atomic mass is 10.1. The van der Waals surface area contributed by atoms with Gasteiger partial charge in [0.05, 0.1) is 29.9 Å². The molecule has 6 rings (SSSR count). The Morgan fingerprint density at radius 3 is 2.56 bits per heavy atom. The molecule has 2 fully saturated rings. The number of carbonyl (C=O) groups excluding carboxylic acids is 1. The molecule has 2 aliphatic rings. The fourth-order valence-electron chi connectivity index (χ4n) is 5.61. The Bertz CT molecular complexity index is 2030. The molecule has 45 heavy (non-hydrogen) atoms. The number of aromatic hydroxyl groups is 1. The van der Waals surface area contributed by atoms with Crippen molar-refractivity contribution in [3.63, 3.8) is 0 Å². The van der Waals surface area contributed by atoms with Crippen LogP contribution in [0.4, 0.5) is 14.6 Å². The van der Waals surface area contributed by atoms with E-state index in [1.165, 1.54) is 24.4 Å². The average molecular weight is 639 g/mol. The van der Waals surface area contributed by atoms with Crippen LogP contribution in [-0.4, -0.2) is 88.0 Å². The Hall–Kier alpha value is -4.76. The zero-order valence-electron chi connectivity index (χ0n) is 24.3. The largest absolute Gasteiger partial charge is 0.507 e. The van der Waals surface area contributed by atoms with Gasteiger partial charge in [0, 0.05) is 31.9 Å². The number of fused-ring (bicyclic) bond motifs is 1. The van der Waals surface area contributed by atoms with Crippen molar-refractivity contribution in [2.45, 2.75) is 30.2 Å². The highest BCUT2D eigenvalue weighted by Gasteiger charge is 2.38. The molecule has 0 unspecified atom stereocenters. The van der Waals surface area contributed by atoms with E-state index in [-0.39, 0.29) is 67.3 Å². The summed E-state index contributed by atoms with van der Waals surface area (Å²) in [5.41, 5.74) is -2.14. The third-order valence-corrected chi connectivity index (χ3v) is 10.0. The summed E-state index contributed by atoms with van der Waals surface area (Å²) >= 11 is 0. The van der Waals surface area contributed by atoms with Crippen molar-refractivity contribution in [3.05, 3.63) is 76.9 Å². The van der Waals surface area contributed by atoms with Crippen LogP contribution in [0.25, 0.3) is 28.0 Å². The van der Waals surface area contributed by atoms with Gasteiger partial charge in [-0.15, -0.1) is 0 Å². The maximum Gasteiger partial charge on any atom is 0.355 e. The molecule has 3 aromatic heterocycles. The highest BCUT2D eigenvalue weighted by atomic mass is 32.2. The molecular weight excluding hydrogens is 610 g/mol. The van der Waals surface area contributed by atoms with Crippen LogP contribution in [0.3, 0.4) is 0 Å². The van der Waals surface area contributed by atoms with Gasteiger partial charge in [0.15, 0.2) is 16.5 Å². The van der Waals surface area contributed by atoms with Crippen molar-refractivity contribution in [2.75, 3.05) is 37.7 Å². The molecule has 0 bridgehead atoms. The molecule has 2 aliphatic heterocycles. The van der Waals surface area contributed by atoms with E-state index in [0.29, 0.717) is 5.56 Å². The molecule has 0 saturated carbocycles. The second-order valence-corrected chi connectivity index (χ2v) is 13.0. The lowest BCUT2D eigenvalue weighted by Crippen LogP contribution is -2.54. The summed E-state index contributed by atoms with van der Waals surface area (Å²) in [7, 11) is -4.11. The van der Waals surface area contributed by atoms with Crippen molar-refractivity contribution in [3.8, 4) is 22.7 Å². The van der Waals surface area contributed by atoms with Gasteiger partial charge in [-0.05, 0) is 49.8 Å². The number of anilines is 1. The number of piperazine rings is 1. The lowest BCUT2D eigenvalue weighted by molar-refractivity contribution is -0.126. The number of hydrogen-bond donors (Lipinski definition) is 1. The summed E-state index contributed by atoms with van der Waals surface area (Å²) < 4.78 is 64.2. The molecule has 1 amide bonds. The van der Waals surface area contributed by atoms with Gasteiger partial charge in [-0.25, -0.2) is 36.5 Å². The molecule has 234 valence electrons. The van der Waals surface area contributed by atoms with Crippen LogP contribution in [0.15, 0.2) is 59.0 Å². The van der Waals surface area contributed by atoms with Gasteiger partial charge in [-0.2, -0.15) is 4.98 Å². The number of phenols is 1. The molecule has 0 aliphatic carbocycles. The van der Waals surface area contributed by atoms with Crippen LogP contribution in [0.1, 0.15) is 12.5 Å². The SMILES string of the molecule is C=CC(=O)N1CCN(c2nc(=O)n(-c3c(C)ccnc3S(=O)(=O)C3COC3)c3nc(-c4c(O)cccc4F)c(F)cc23)[C@@H](C)C1. The van der Waals surface area contributed by atoms with E-state index >= 15 is 4.39 Å². The van der Waals surface area contributed by atoms with Crippen molar-refractivity contribution < 1.29 is 31.8 Å². The molecule has 1 aromatic carbocycles. The summed E-state index contributed by atoms with van der Waals surface area (Å²) in [5.74, 6) is -2.81. The lowest BCUT2D eigenvalue weighted by Gasteiger charge is -2.40. The minimum absolute atomic E-state index is 0.0144. The monoisotopic (exact) mass is 638 g/mol. The van der Waals surface area contributed by atoms with Gasteiger partial charge in [0.1, 0.15) is 28.3 Å². The molecule has 2 saturated heterocycles. The topological polar surface area (TPSA) is 148 Å². The van der Waals surface area contributed by atoms with Gasteiger partial charge in [-0.3, -0.25) is 4.79 Å². The van der Waals surface area contributed by atoms with E-state index in [2.05, 4.69) is 21.5 Å². The van der Waals surface area contributed by atoms with Gasteiger partial charge in [0.25, 0.3) is 0 Å². The Morgan fingerprint density at radius 1 is 1.16 bits per heavy atom. The Balaban J connectivity index is 1.66. The van der Waals surface area contributed by atoms with E-state index in [9.17, 15) is 27.5 Å². The maximum absolute atomic E-state index is 15.9. The summed E-state index contributed by atoms with van der Waals surface area (Å²) in [4.78, 5) is 42.4. The fourth-order valence-corrected chi connectivity index (χ4v) is 7.20. The van der Waals surface area contributed by atoms with E-state index in [4.69, 9.17) is 4.74 Å². The summed E-state index contributed by atoms with van der Waals surface area (Å²) in [6.07, 6.45) is 2.50. The van der Waals surface area contributed by atoms with E-state index in [1.807, 2.05) is 0 Å². The number of halogens is 2. The van der Waals surface area contributed by atoms with Crippen LogP contribution in [0.2, 0.25) is 0 Å². The van der Waals surface area contributed by atoms with E-state index in [0.717, 1.165) is 22.8 Å². The predicted octanol–water partition coefficient (Wildman–Crippen LogP) is 2.53. The number of aromatic nitrogens is 4. The number of carbonyl (C=O) groups is 1. The third kappa shape index (κ3) is 5.01. The van der Waals surface area contributed by atoms with Crippen molar-refractivity contribution >= 4 is 32.6 Å². The minimum atomic E-state index is -4.11. The van der Waals surface area contributed by atoms with Gasteiger partial charge < -0.3 is 19.6 Å². The molecule has 4 aromatic rings. The number of rotatable bonds is 6. The minimum Gasteiger partial charge on any atom is -0.507 e. The quantitative estimate of drug-likeness (QED) is 0.313. The number of aryl methyl sites for hydroxylation is 1. The second-order valence-electron chi connectivity index (χ2n) is 10.9. The zero-order chi connectivity index (χ0) is 32.2. The number of ether oxygens (including phenoxy) is 1. The number of sulfone groups is 1. The van der Waals surface area contributed by atoms with Gasteiger partial charge in [-0.1, -0.05) is 12.6 Å². The fraction of sp³-hybridized carbons (Fsp3) is 0.300. The first kappa shape index (κ1) is 30.3. The Morgan fingerprint density at radius 2 is 1.91 bits per heavy atom. The van der Waals surface area contributed by atoms with Crippen LogP contribution < -0.4 is 10.6 Å². The predicted molar refractivity (Wildman–Crippen MR) is 160 cm³/mol. The molecule has 12 nitrogen and oxygen atoms in total.